The highest BCUT2D eigenvalue weighted by Gasteiger charge is 2.56. The number of anilines is 1. The first kappa shape index (κ1) is 18.8. The number of aliphatic hydroxyl groups excluding tert-OH is 1. The van der Waals surface area contributed by atoms with Crippen molar-refractivity contribution in [2.75, 3.05) is 32.1 Å². The van der Waals surface area contributed by atoms with Crippen LogP contribution in [0.5, 0.6) is 0 Å². The van der Waals surface area contributed by atoms with Crippen molar-refractivity contribution in [2.45, 2.75) is 69.2 Å². The van der Waals surface area contributed by atoms with E-state index in [-0.39, 0.29) is 5.91 Å². The van der Waals surface area contributed by atoms with Gasteiger partial charge in [-0.15, -0.1) is 0 Å². The number of hydrogen-bond acceptors (Lipinski definition) is 4. The molecule has 1 aromatic rings. The van der Waals surface area contributed by atoms with Crippen LogP contribution in [0, 0.1) is 0 Å². The van der Waals surface area contributed by atoms with Gasteiger partial charge in [-0.3, -0.25) is 9.69 Å². The predicted octanol–water partition coefficient (Wildman–Crippen LogP) is 2.62. The summed E-state index contributed by atoms with van der Waals surface area (Å²) in [6.07, 6.45) is 7.13. The molecule has 2 heterocycles. The van der Waals surface area contributed by atoms with E-state index in [1.54, 1.807) is 0 Å². The largest absolute Gasteiger partial charge is 0.392 e. The second kappa shape index (κ2) is 7.44. The van der Waals surface area contributed by atoms with Gasteiger partial charge >= 0.3 is 0 Å². The van der Waals surface area contributed by atoms with Gasteiger partial charge in [-0.1, -0.05) is 31.4 Å². The summed E-state index contributed by atoms with van der Waals surface area (Å²) in [6, 6.07) is 8.96. The summed E-state index contributed by atoms with van der Waals surface area (Å²) in [7, 11) is 4.08. The minimum atomic E-state index is -0.489. The summed E-state index contributed by atoms with van der Waals surface area (Å²) in [5, 5.41) is 10.4. The van der Waals surface area contributed by atoms with Crippen LogP contribution in [0.4, 0.5) is 5.69 Å². The van der Waals surface area contributed by atoms with E-state index >= 15 is 0 Å². The van der Waals surface area contributed by atoms with Crippen LogP contribution < -0.4 is 4.90 Å². The molecule has 1 unspecified atom stereocenters. The molecule has 1 aliphatic carbocycles. The highest BCUT2D eigenvalue weighted by atomic mass is 16.3. The van der Waals surface area contributed by atoms with Crippen LogP contribution in [-0.2, 0) is 11.3 Å². The molecule has 0 radical (unpaired) electrons. The van der Waals surface area contributed by atoms with Crippen molar-refractivity contribution in [1.82, 2.24) is 9.80 Å². The number of carbonyl (C=O) groups is 1. The Morgan fingerprint density at radius 3 is 2.52 bits per heavy atom. The Hall–Kier alpha value is -1.59. The van der Waals surface area contributed by atoms with Crippen LogP contribution in [0.1, 0.15) is 50.5 Å². The lowest BCUT2D eigenvalue weighted by Gasteiger charge is -2.36. The molecule has 1 aromatic carbocycles. The number of likely N-dealkylation sites (tertiary alicyclic amines) is 2. The van der Waals surface area contributed by atoms with E-state index in [1.165, 1.54) is 30.5 Å². The van der Waals surface area contributed by atoms with Gasteiger partial charge in [0.25, 0.3) is 0 Å². The number of β-amino-alcohol motifs (C(OH)–C–C–N with tert-alkyl or cyclic N) is 1. The van der Waals surface area contributed by atoms with Crippen LogP contribution >= 0.6 is 0 Å². The van der Waals surface area contributed by atoms with Gasteiger partial charge in [-0.2, -0.15) is 0 Å². The molecule has 0 aromatic heterocycles. The minimum Gasteiger partial charge on any atom is -0.392 e. The van der Waals surface area contributed by atoms with Crippen LogP contribution in [0.3, 0.4) is 0 Å². The molecule has 27 heavy (non-hydrogen) atoms. The third kappa shape index (κ3) is 3.47. The fourth-order valence-corrected chi connectivity index (χ4v) is 5.35. The van der Waals surface area contributed by atoms with Crippen molar-refractivity contribution < 1.29 is 9.90 Å². The Balaban J connectivity index is 1.51. The fourth-order valence-electron chi connectivity index (χ4n) is 5.35. The monoisotopic (exact) mass is 371 g/mol. The van der Waals surface area contributed by atoms with Crippen molar-refractivity contribution >= 4 is 11.6 Å². The number of amides is 1. The van der Waals surface area contributed by atoms with Crippen molar-refractivity contribution in [3.05, 3.63) is 29.8 Å². The SMILES string of the molecule is CN(C)c1ccc(CN2C[C@H](O)CC23CCN(C2CCCCC2)C3=O)cc1. The first-order chi connectivity index (χ1) is 13.0. The third-order valence-electron chi connectivity index (χ3n) is 6.88. The highest BCUT2D eigenvalue weighted by molar-refractivity contribution is 5.89. The minimum absolute atomic E-state index is 0.274. The number of benzene rings is 1. The summed E-state index contributed by atoms with van der Waals surface area (Å²) in [5.74, 6) is 0.274. The number of carbonyl (C=O) groups excluding carboxylic acids is 1. The van der Waals surface area contributed by atoms with E-state index in [9.17, 15) is 9.90 Å². The summed E-state index contributed by atoms with van der Waals surface area (Å²) in [4.78, 5) is 20.0. The molecule has 5 nitrogen and oxygen atoms in total. The predicted molar refractivity (Wildman–Crippen MR) is 108 cm³/mol. The normalized spacial score (nSPS) is 29.8. The number of rotatable bonds is 4. The lowest BCUT2D eigenvalue weighted by molar-refractivity contribution is -0.139. The summed E-state index contributed by atoms with van der Waals surface area (Å²) in [6.45, 7) is 2.18. The first-order valence-corrected chi connectivity index (χ1v) is 10.5. The van der Waals surface area contributed by atoms with Crippen LogP contribution in [0.25, 0.3) is 0 Å². The Bertz CT molecular complexity index is 669. The van der Waals surface area contributed by atoms with Crippen LogP contribution in [-0.4, -0.2) is 65.7 Å². The molecule has 2 aliphatic heterocycles. The van der Waals surface area contributed by atoms with Crippen molar-refractivity contribution in [3.8, 4) is 0 Å². The molecule has 0 bridgehead atoms. The molecule has 1 spiro atoms. The second-order valence-electron chi connectivity index (χ2n) is 8.87. The van der Waals surface area contributed by atoms with Crippen molar-refractivity contribution in [3.63, 3.8) is 0 Å². The van der Waals surface area contributed by atoms with Gasteiger partial charge in [-0.05, 0) is 37.0 Å². The Labute approximate surface area is 162 Å². The van der Waals surface area contributed by atoms with Gasteiger partial charge in [0.15, 0.2) is 0 Å². The van der Waals surface area contributed by atoms with Gasteiger partial charge in [0, 0.05) is 51.9 Å². The summed E-state index contributed by atoms with van der Waals surface area (Å²) >= 11 is 0. The lowest BCUT2D eigenvalue weighted by Crippen LogP contribution is -2.51. The molecule has 2 atom stereocenters. The van der Waals surface area contributed by atoms with Crippen molar-refractivity contribution in [2.24, 2.45) is 0 Å². The molecule has 148 valence electrons. The Kier molecular flexibility index (Phi) is 5.17. The highest BCUT2D eigenvalue weighted by Crippen LogP contribution is 2.42. The first-order valence-electron chi connectivity index (χ1n) is 10.5. The fraction of sp³-hybridized carbons (Fsp3) is 0.682. The molecule has 3 fully saturated rings. The molecule has 1 saturated carbocycles. The molecule has 5 heteroatoms. The van der Waals surface area contributed by atoms with E-state index in [1.807, 2.05) is 14.1 Å². The van der Waals surface area contributed by atoms with Crippen LogP contribution in [0.2, 0.25) is 0 Å². The maximum atomic E-state index is 13.5. The number of aliphatic hydroxyl groups is 1. The van der Waals surface area contributed by atoms with Gasteiger partial charge in [0.1, 0.15) is 5.54 Å². The second-order valence-corrected chi connectivity index (χ2v) is 8.87. The van der Waals surface area contributed by atoms with Gasteiger partial charge in [0.2, 0.25) is 5.91 Å². The zero-order valence-corrected chi connectivity index (χ0v) is 16.7. The Morgan fingerprint density at radius 1 is 1.15 bits per heavy atom. The average Bonchev–Trinajstić information content (AvgIpc) is 3.16. The molecule has 2 saturated heterocycles. The van der Waals surface area contributed by atoms with Gasteiger partial charge < -0.3 is 14.9 Å². The van der Waals surface area contributed by atoms with E-state index in [4.69, 9.17) is 0 Å². The smallest absolute Gasteiger partial charge is 0.243 e. The summed E-state index contributed by atoms with van der Waals surface area (Å²) < 4.78 is 0. The van der Waals surface area contributed by atoms with E-state index in [2.05, 4.69) is 39.0 Å². The molecule has 4 rings (SSSR count). The molecule has 3 aliphatic rings. The zero-order chi connectivity index (χ0) is 19.0. The van der Waals surface area contributed by atoms with E-state index < -0.39 is 11.6 Å². The topological polar surface area (TPSA) is 47.0 Å². The van der Waals surface area contributed by atoms with Crippen LogP contribution in [0.15, 0.2) is 24.3 Å². The van der Waals surface area contributed by atoms with E-state index in [0.717, 1.165) is 32.4 Å². The van der Waals surface area contributed by atoms with E-state index in [0.29, 0.717) is 19.0 Å². The number of nitrogens with zero attached hydrogens (tertiary/aromatic N) is 3. The van der Waals surface area contributed by atoms with Gasteiger partial charge in [0.05, 0.1) is 6.10 Å². The molecule has 1 amide bonds. The lowest BCUT2D eigenvalue weighted by atomic mass is 9.91. The maximum absolute atomic E-state index is 13.5. The average molecular weight is 372 g/mol. The quantitative estimate of drug-likeness (QED) is 0.884. The molecular formula is C22H33N3O2. The van der Waals surface area contributed by atoms with Gasteiger partial charge in [-0.25, -0.2) is 0 Å². The maximum Gasteiger partial charge on any atom is 0.243 e. The third-order valence-corrected chi connectivity index (χ3v) is 6.88. The van der Waals surface area contributed by atoms with Crippen molar-refractivity contribution in [1.29, 1.82) is 0 Å². The molecular weight excluding hydrogens is 338 g/mol. The molecule has 1 N–H and O–H groups in total. The summed E-state index contributed by atoms with van der Waals surface area (Å²) in [5.41, 5.74) is 1.89. The Morgan fingerprint density at radius 2 is 1.85 bits per heavy atom. The zero-order valence-electron chi connectivity index (χ0n) is 16.7. The standard InChI is InChI=1S/C22H33N3O2/c1-23(2)18-10-8-17(9-11-18)15-24-16-20(26)14-22(24)12-13-25(21(22)27)19-6-4-3-5-7-19/h8-11,19-20,26H,3-7,12-16H2,1-2H3/t20-,22?/m1/s1. The number of hydrogen-bond donors (Lipinski definition) is 1.